The van der Waals surface area contributed by atoms with Crippen LogP contribution in [-0.4, -0.2) is 41.7 Å². The zero-order valence-electron chi connectivity index (χ0n) is 13.9. The first-order valence-corrected chi connectivity index (χ1v) is 9.30. The maximum atomic E-state index is 13.1. The van der Waals surface area contributed by atoms with Gasteiger partial charge in [0.25, 0.3) is 0 Å². The second-order valence-corrected chi connectivity index (χ2v) is 7.17. The Bertz CT molecular complexity index is 1040. The summed E-state index contributed by atoms with van der Waals surface area (Å²) in [6, 6.07) is 3.67. The number of rotatable bonds is 3. The van der Waals surface area contributed by atoms with Gasteiger partial charge in [0.15, 0.2) is 4.96 Å². The predicted octanol–water partition coefficient (Wildman–Crippen LogP) is 2.23. The van der Waals surface area contributed by atoms with Gasteiger partial charge in [-0.2, -0.15) is 0 Å². The number of nitrogens with one attached hydrogen (secondary N) is 1. The average Bonchev–Trinajstić information content (AvgIpc) is 3.37. The molecule has 5 rings (SSSR count). The molecule has 0 fully saturated rings. The van der Waals surface area contributed by atoms with E-state index in [4.69, 9.17) is 0 Å². The molecule has 1 amide bonds. The molecule has 7 nitrogen and oxygen atoms in total. The molecule has 0 radical (unpaired) electrons. The van der Waals surface area contributed by atoms with Crippen molar-refractivity contribution < 1.29 is 4.79 Å². The number of hydrogen-bond acceptors (Lipinski definition) is 5. The second kappa shape index (κ2) is 6.06. The molecule has 130 valence electrons. The van der Waals surface area contributed by atoms with Crippen LogP contribution in [0.3, 0.4) is 0 Å². The molecule has 4 aromatic heterocycles. The Labute approximate surface area is 153 Å². The van der Waals surface area contributed by atoms with E-state index in [1.807, 2.05) is 39.2 Å². The molecule has 8 heteroatoms. The fraction of sp³-hybridized carbons (Fsp3) is 0.222. The molecule has 0 bridgehead atoms. The minimum Gasteiger partial charge on any atom is -0.348 e. The van der Waals surface area contributed by atoms with E-state index >= 15 is 0 Å². The SMILES string of the molecule is O=C(Cc1cn2ccsc2n1)N1CCc2[nH]cnc2[C@H]1c1cccnc1. The van der Waals surface area contributed by atoms with Crippen molar-refractivity contribution in [2.24, 2.45) is 0 Å². The first-order valence-electron chi connectivity index (χ1n) is 8.42. The first kappa shape index (κ1) is 15.3. The fourth-order valence-electron chi connectivity index (χ4n) is 3.54. The van der Waals surface area contributed by atoms with Gasteiger partial charge >= 0.3 is 0 Å². The largest absolute Gasteiger partial charge is 0.348 e. The van der Waals surface area contributed by atoms with Crippen molar-refractivity contribution >= 4 is 22.2 Å². The van der Waals surface area contributed by atoms with Crippen molar-refractivity contribution in [2.75, 3.05) is 6.54 Å². The summed E-state index contributed by atoms with van der Waals surface area (Å²) in [4.78, 5) is 32.4. The van der Waals surface area contributed by atoms with Gasteiger partial charge in [-0.1, -0.05) is 6.07 Å². The Morgan fingerprint density at radius 1 is 1.42 bits per heavy atom. The fourth-order valence-corrected chi connectivity index (χ4v) is 4.26. The summed E-state index contributed by atoms with van der Waals surface area (Å²) in [5, 5.41) is 1.98. The van der Waals surface area contributed by atoms with Crippen molar-refractivity contribution in [1.29, 1.82) is 0 Å². The number of hydrogen-bond donors (Lipinski definition) is 1. The van der Waals surface area contributed by atoms with Crippen LogP contribution in [0.25, 0.3) is 4.96 Å². The standard InChI is InChI=1S/C18H16N6OS/c25-15(8-13-10-23-6-7-26-18(23)22-13)24-5-3-14-16(21-11-20-14)17(24)12-2-1-4-19-9-12/h1-2,4,6-7,9-11,17H,3,5,8H2,(H,20,21)/t17-/m1/s1. The monoisotopic (exact) mass is 364 g/mol. The third-order valence-electron chi connectivity index (χ3n) is 4.72. The van der Waals surface area contributed by atoms with E-state index in [0.29, 0.717) is 6.54 Å². The summed E-state index contributed by atoms with van der Waals surface area (Å²) in [5.74, 6) is 0.0539. The van der Waals surface area contributed by atoms with E-state index < -0.39 is 0 Å². The number of pyridine rings is 1. The molecule has 1 aliphatic rings. The molecular formula is C18H16N6OS. The maximum absolute atomic E-state index is 13.1. The third kappa shape index (κ3) is 2.50. The number of imidazole rings is 2. The van der Waals surface area contributed by atoms with Crippen molar-refractivity contribution in [2.45, 2.75) is 18.9 Å². The van der Waals surface area contributed by atoms with Crippen LogP contribution < -0.4 is 0 Å². The molecule has 26 heavy (non-hydrogen) atoms. The first-order chi connectivity index (χ1) is 12.8. The summed E-state index contributed by atoms with van der Waals surface area (Å²) in [6.45, 7) is 0.649. The molecule has 0 unspecified atom stereocenters. The summed E-state index contributed by atoms with van der Waals surface area (Å²) >= 11 is 1.56. The summed E-state index contributed by atoms with van der Waals surface area (Å²) in [7, 11) is 0. The lowest BCUT2D eigenvalue weighted by Crippen LogP contribution is -2.41. The van der Waals surface area contributed by atoms with Gasteiger partial charge in [-0.15, -0.1) is 11.3 Å². The summed E-state index contributed by atoms with van der Waals surface area (Å²) < 4.78 is 1.95. The van der Waals surface area contributed by atoms with Gasteiger partial charge in [0, 0.05) is 48.8 Å². The van der Waals surface area contributed by atoms with Gasteiger partial charge in [-0.3, -0.25) is 14.2 Å². The highest BCUT2D eigenvalue weighted by Crippen LogP contribution is 2.33. The highest BCUT2D eigenvalue weighted by atomic mass is 32.1. The van der Waals surface area contributed by atoms with Gasteiger partial charge < -0.3 is 9.88 Å². The molecular weight excluding hydrogens is 348 g/mol. The number of fused-ring (bicyclic) bond motifs is 2. The van der Waals surface area contributed by atoms with Gasteiger partial charge in [0.1, 0.15) is 6.04 Å². The molecule has 1 N–H and O–H groups in total. The van der Waals surface area contributed by atoms with Crippen molar-refractivity contribution in [3.63, 3.8) is 0 Å². The van der Waals surface area contributed by atoms with Crippen LogP contribution in [0.15, 0.2) is 48.6 Å². The molecule has 4 aromatic rings. The predicted molar refractivity (Wildman–Crippen MR) is 96.9 cm³/mol. The molecule has 5 heterocycles. The quantitative estimate of drug-likeness (QED) is 0.605. The van der Waals surface area contributed by atoms with Crippen LogP contribution in [0.2, 0.25) is 0 Å². The Kier molecular flexibility index (Phi) is 3.56. The van der Waals surface area contributed by atoms with Crippen LogP contribution >= 0.6 is 11.3 Å². The lowest BCUT2D eigenvalue weighted by Gasteiger charge is -2.35. The zero-order valence-corrected chi connectivity index (χ0v) is 14.7. The highest BCUT2D eigenvalue weighted by molar-refractivity contribution is 7.15. The Balaban J connectivity index is 1.48. The second-order valence-electron chi connectivity index (χ2n) is 6.29. The Morgan fingerprint density at radius 3 is 3.23 bits per heavy atom. The van der Waals surface area contributed by atoms with Gasteiger partial charge in [0.05, 0.1) is 24.1 Å². The maximum Gasteiger partial charge on any atom is 0.229 e. The molecule has 0 spiro atoms. The van der Waals surface area contributed by atoms with Crippen molar-refractivity contribution in [1.82, 2.24) is 29.2 Å². The van der Waals surface area contributed by atoms with E-state index in [9.17, 15) is 4.79 Å². The van der Waals surface area contributed by atoms with E-state index in [1.54, 1.807) is 30.1 Å². The molecule has 0 aliphatic carbocycles. The lowest BCUT2D eigenvalue weighted by atomic mass is 9.96. The zero-order chi connectivity index (χ0) is 17.5. The minimum atomic E-state index is -0.213. The number of nitrogens with zero attached hydrogens (tertiary/aromatic N) is 5. The summed E-state index contributed by atoms with van der Waals surface area (Å²) in [5.41, 5.74) is 3.76. The van der Waals surface area contributed by atoms with Crippen molar-refractivity contribution in [3.05, 3.63) is 71.3 Å². The molecule has 1 atom stereocenters. The van der Waals surface area contributed by atoms with Crippen LogP contribution in [0.5, 0.6) is 0 Å². The van der Waals surface area contributed by atoms with E-state index in [-0.39, 0.29) is 18.4 Å². The Morgan fingerprint density at radius 2 is 2.38 bits per heavy atom. The molecule has 0 aromatic carbocycles. The lowest BCUT2D eigenvalue weighted by molar-refractivity contribution is -0.132. The molecule has 0 saturated heterocycles. The van der Waals surface area contributed by atoms with E-state index in [0.717, 1.165) is 34.0 Å². The van der Waals surface area contributed by atoms with Gasteiger partial charge in [-0.25, -0.2) is 9.97 Å². The molecule has 1 aliphatic heterocycles. The van der Waals surface area contributed by atoms with E-state index in [1.165, 1.54) is 0 Å². The Hall–Kier alpha value is -3.00. The number of amides is 1. The van der Waals surface area contributed by atoms with Crippen LogP contribution in [0, 0.1) is 0 Å². The number of carbonyl (C=O) groups excluding carboxylic acids is 1. The van der Waals surface area contributed by atoms with Gasteiger partial charge in [-0.05, 0) is 11.6 Å². The number of thiazole rings is 1. The van der Waals surface area contributed by atoms with E-state index in [2.05, 4.69) is 19.9 Å². The minimum absolute atomic E-state index is 0.0539. The van der Waals surface area contributed by atoms with Crippen LogP contribution in [-0.2, 0) is 17.6 Å². The normalized spacial score (nSPS) is 16.8. The van der Waals surface area contributed by atoms with Crippen LogP contribution in [0.1, 0.15) is 28.7 Å². The smallest absolute Gasteiger partial charge is 0.229 e. The van der Waals surface area contributed by atoms with Crippen LogP contribution in [0.4, 0.5) is 0 Å². The average molecular weight is 364 g/mol. The molecule has 0 saturated carbocycles. The number of aromatic nitrogens is 5. The number of carbonyl (C=O) groups is 1. The third-order valence-corrected chi connectivity index (χ3v) is 5.49. The van der Waals surface area contributed by atoms with Crippen molar-refractivity contribution in [3.8, 4) is 0 Å². The van der Waals surface area contributed by atoms with Gasteiger partial charge in [0.2, 0.25) is 5.91 Å². The number of aromatic amines is 1. The summed E-state index contributed by atoms with van der Waals surface area (Å²) in [6.07, 6.45) is 10.2. The number of H-pyrrole nitrogens is 1. The highest BCUT2D eigenvalue weighted by Gasteiger charge is 2.34. The topological polar surface area (TPSA) is 79.2 Å².